The molecule has 1 aromatic heterocycles. The molecule has 0 saturated carbocycles. The molecule has 2 aromatic carbocycles. The van der Waals surface area contributed by atoms with Gasteiger partial charge in [-0.3, -0.25) is 0 Å². The lowest BCUT2D eigenvalue weighted by molar-refractivity contribution is 0.118. The highest BCUT2D eigenvalue weighted by Gasteiger charge is 2.19. The fourth-order valence-corrected chi connectivity index (χ4v) is 3.28. The third kappa shape index (κ3) is 7.29. The van der Waals surface area contributed by atoms with E-state index in [2.05, 4.69) is 27.4 Å². The molecule has 6 nitrogen and oxygen atoms in total. The van der Waals surface area contributed by atoms with E-state index in [9.17, 15) is 9.90 Å². The number of ether oxygens (including phenoxy) is 1. The molecule has 6 heteroatoms. The van der Waals surface area contributed by atoms with Crippen LogP contribution in [0.4, 0.5) is 4.79 Å². The van der Waals surface area contributed by atoms with Crippen LogP contribution in [0.3, 0.4) is 0 Å². The van der Waals surface area contributed by atoms with Crippen molar-refractivity contribution in [2.75, 3.05) is 0 Å². The maximum atomic E-state index is 12.3. The minimum atomic E-state index is -0.538. The van der Waals surface area contributed by atoms with Crippen LogP contribution >= 0.6 is 0 Å². The summed E-state index contributed by atoms with van der Waals surface area (Å²) in [5.74, 6) is 0. The lowest BCUT2D eigenvalue weighted by Crippen LogP contribution is -2.31. The van der Waals surface area contributed by atoms with Crippen molar-refractivity contribution in [1.82, 2.24) is 15.3 Å². The summed E-state index contributed by atoms with van der Waals surface area (Å²) in [6, 6.07) is 19.5. The number of carbonyl (C=O) groups is 1. The lowest BCUT2D eigenvalue weighted by atomic mass is 9.97. The quantitative estimate of drug-likeness (QED) is 0.528. The summed E-state index contributed by atoms with van der Waals surface area (Å²) in [4.78, 5) is 20.1. The Morgan fingerprint density at radius 2 is 1.63 bits per heavy atom. The van der Waals surface area contributed by atoms with Gasteiger partial charge >= 0.3 is 6.09 Å². The van der Waals surface area contributed by atoms with Crippen molar-refractivity contribution in [2.24, 2.45) is 0 Å². The molecule has 0 fully saturated rings. The van der Waals surface area contributed by atoms with E-state index in [1.807, 2.05) is 48.5 Å². The molecule has 1 amide bonds. The maximum absolute atomic E-state index is 12.3. The summed E-state index contributed by atoms with van der Waals surface area (Å²) < 4.78 is 5.29. The molecule has 1 heterocycles. The molecule has 2 N–H and O–H groups in total. The van der Waals surface area contributed by atoms with Crippen LogP contribution in [-0.4, -0.2) is 27.3 Å². The topological polar surface area (TPSA) is 84.3 Å². The Kier molecular flexibility index (Phi) is 8.35. The fourth-order valence-electron chi connectivity index (χ4n) is 3.28. The number of aliphatic hydroxyl groups is 1. The average molecular weight is 405 g/mol. The summed E-state index contributed by atoms with van der Waals surface area (Å²) in [7, 11) is 0. The van der Waals surface area contributed by atoms with Gasteiger partial charge in [0.25, 0.3) is 0 Å². The first-order valence-electron chi connectivity index (χ1n) is 10.1. The fraction of sp³-hybridized carbons (Fsp3) is 0.292. The Bertz CT molecular complexity index is 876. The number of hydrogen-bond acceptors (Lipinski definition) is 5. The molecule has 0 aliphatic heterocycles. The van der Waals surface area contributed by atoms with E-state index in [0.717, 1.165) is 18.4 Å². The number of nitrogens with one attached hydrogen (secondary N) is 1. The van der Waals surface area contributed by atoms with Crippen molar-refractivity contribution in [3.05, 3.63) is 96.1 Å². The molecule has 30 heavy (non-hydrogen) atoms. The number of benzene rings is 2. The van der Waals surface area contributed by atoms with Crippen LogP contribution in [0.5, 0.6) is 0 Å². The van der Waals surface area contributed by atoms with Gasteiger partial charge in [-0.05, 0) is 36.8 Å². The highest BCUT2D eigenvalue weighted by atomic mass is 16.5. The van der Waals surface area contributed by atoms with Gasteiger partial charge in [0.05, 0.1) is 12.1 Å². The van der Waals surface area contributed by atoms with Crippen molar-refractivity contribution in [1.29, 1.82) is 0 Å². The normalized spacial score (nSPS) is 12.7. The number of hydrogen-bond donors (Lipinski definition) is 2. The molecule has 2 unspecified atom stereocenters. The van der Waals surface area contributed by atoms with Gasteiger partial charge in [0, 0.05) is 18.0 Å². The van der Waals surface area contributed by atoms with Crippen LogP contribution in [0.1, 0.15) is 42.0 Å². The number of nitrogens with zero attached hydrogens (tertiary/aromatic N) is 2. The van der Waals surface area contributed by atoms with Crippen LogP contribution in [0, 0.1) is 0 Å². The van der Waals surface area contributed by atoms with Crippen LogP contribution < -0.4 is 5.32 Å². The van der Waals surface area contributed by atoms with E-state index in [0.29, 0.717) is 18.4 Å². The zero-order valence-electron chi connectivity index (χ0n) is 16.9. The number of amides is 1. The standard InChI is InChI=1S/C24H27N3O3/c28-22(13-7-10-19-8-3-1-4-9-19)14-23(21-11-5-2-6-12-21)27-24(29)30-17-20-15-25-18-26-16-20/h1-6,8-9,11-12,15-16,18,22-23,28H,7,10,13-14,17H2,(H,27,29). The maximum Gasteiger partial charge on any atom is 0.407 e. The zero-order chi connectivity index (χ0) is 21.0. The second kappa shape index (κ2) is 11.7. The van der Waals surface area contributed by atoms with Gasteiger partial charge in [0.15, 0.2) is 0 Å². The van der Waals surface area contributed by atoms with Crippen LogP contribution in [0.15, 0.2) is 79.4 Å². The third-order valence-electron chi connectivity index (χ3n) is 4.83. The minimum Gasteiger partial charge on any atom is -0.445 e. The third-order valence-corrected chi connectivity index (χ3v) is 4.83. The summed E-state index contributed by atoms with van der Waals surface area (Å²) in [5.41, 5.74) is 2.90. The van der Waals surface area contributed by atoms with Crippen LogP contribution in [0.25, 0.3) is 0 Å². The van der Waals surface area contributed by atoms with E-state index < -0.39 is 12.2 Å². The first kappa shape index (κ1) is 21.5. The molecular formula is C24H27N3O3. The molecular weight excluding hydrogens is 378 g/mol. The second-order valence-electron chi connectivity index (χ2n) is 7.20. The Balaban J connectivity index is 1.52. The minimum absolute atomic E-state index is 0.0911. The van der Waals surface area contributed by atoms with Crippen molar-refractivity contribution in [3.8, 4) is 0 Å². The molecule has 2 atom stereocenters. The number of aliphatic hydroxyl groups excluding tert-OH is 1. The molecule has 3 rings (SSSR count). The van der Waals surface area contributed by atoms with Crippen molar-refractivity contribution in [2.45, 2.75) is 44.4 Å². The molecule has 0 aliphatic rings. The largest absolute Gasteiger partial charge is 0.445 e. The molecule has 0 bridgehead atoms. The Labute approximate surface area is 177 Å². The van der Waals surface area contributed by atoms with Gasteiger partial charge in [-0.25, -0.2) is 14.8 Å². The van der Waals surface area contributed by atoms with Gasteiger partial charge in [-0.2, -0.15) is 0 Å². The highest BCUT2D eigenvalue weighted by molar-refractivity contribution is 5.67. The van der Waals surface area contributed by atoms with E-state index in [-0.39, 0.29) is 12.6 Å². The number of alkyl carbamates (subject to hydrolysis) is 1. The van der Waals surface area contributed by atoms with E-state index in [1.54, 1.807) is 12.4 Å². The number of carbonyl (C=O) groups excluding carboxylic acids is 1. The van der Waals surface area contributed by atoms with E-state index >= 15 is 0 Å². The van der Waals surface area contributed by atoms with Gasteiger partial charge in [0.1, 0.15) is 12.9 Å². The van der Waals surface area contributed by atoms with Crippen LogP contribution in [0.2, 0.25) is 0 Å². The molecule has 0 spiro atoms. The van der Waals surface area contributed by atoms with E-state index in [1.165, 1.54) is 11.9 Å². The van der Waals surface area contributed by atoms with E-state index in [4.69, 9.17) is 4.74 Å². The number of aryl methyl sites for hydroxylation is 1. The van der Waals surface area contributed by atoms with Gasteiger partial charge < -0.3 is 15.2 Å². The Morgan fingerprint density at radius 1 is 0.967 bits per heavy atom. The first-order valence-corrected chi connectivity index (χ1v) is 10.1. The predicted octanol–water partition coefficient (Wildman–Crippen LogP) is 4.22. The van der Waals surface area contributed by atoms with Crippen molar-refractivity contribution < 1.29 is 14.6 Å². The highest BCUT2D eigenvalue weighted by Crippen LogP contribution is 2.21. The molecule has 0 saturated heterocycles. The van der Waals surface area contributed by atoms with Gasteiger partial charge in [-0.1, -0.05) is 60.7 Å². The van der Waals surface area contributed by atoms with Gasteiger partial charge in [0.2, 0.25) is 0 Å². The monoisotopic (exact) mass is 405 g/mol. The lowest BCUT2D eigenvalue weighted by Gasteiger charge is -2.22. The van der Waals surface area contributed by atoms with Crippen LogP contribution in [-0.2, 0) is 17.8 Å². The zero-order valence-corrected chi connectivity index (χ0v) is 16.9. The molecule has 3 aromatic rings. The smallest absolute Gasteiger partial charge is 0.407 e. The molecule has 0 aliphatic carbocycles. The summed E-state index contributed by atoms with van der Waals surface area (Å²) >= 11 is 0. The Morgan fingerprint density at radius 3 is 2.33 bits per heavy atom. The van der Waals surface area contributed by atoms with Gasteiger partial charge in [-0.15, -0.1) is 0 Å². The summed E-state index contributed by atoms with van der Waals surface area (Å²) in [6.07, 6.45) is 6.45. The van der Waals surface area contributed by atoms with Crippen molar-refractivity contribution in [3.63, 3.8) is 0 Å². The average Bonchev–Trinajstić information content (AvgIpc) is 2.79. The first-order chi connectivity index (χ1) is 14.7. The SMILES string of the molecule is O=C(NC(CC(O)CCCc1ccccc1)c1ccccc1)OCc1cncnc1. The second-order valence-corrected chi connectivity index (χ2v) is 7.20. The number of aromatic nitrogens is 2. The summed E-state index contributed by atoms with van der Waals surface area (Å²) in [6.45, 7) is 0.0911. The number of rotatable bonds is 10. The summed E-state index contributed by atoms with van der Waals surface area (Å²) in [5, 5.41) is 13.5. The Hall–Kier alpha value is -3.25. The van der Waals surface area contributed by atoms with Crippen molar-refractivity contribution >= 4 is 6.09 Å². The molecule has 0 radical (unpaired) electrons. The predicted molar refractivity (Wildman–Crippen MR) is 115 cm³/mol. The molecule has 156 valence electrons.